The number of hydrogen-bond acceptors (Lipinski definition) is 2. The summed E-state index contributed by atoms with van der Waals surface area (Å²) in [6.07, 6.45) is 0. The Morgan fingerprint density at radius 1 is 1.41 bits per heavy atom. The summed E-state index contributed by atoms with van der Waals surface area (Å²) in [6, 6.07) is 8.15. The second-order valence-electron chi connectivity index (χ2n) is 4.36. The second-order valence-corrected chi connectivity index (χ2v) is 4.36. The molecular formula is C13H15N3O. The van der Waals surface area contributed by atoms with Gasteiger partial charge in [0.25, 0.3) is 0 Å². The zero-order valence-corrected chi connectivity index (χ0v) is 9.71. The summed E-state index contributed by atoms with van der Waals surface area (Å²) < 4.78 is 0. The van der Waals surface area contributed by atoms with Gasteiger partial charge in [-0.05, 0) is 11.6 Å². The number of benzene rings is 1. The van der Waals surface area contributed by atoms with E-state index in [4.69, 9.17) is 0 Å². The molecule has 1 atom stereocenters. The fourth-order valence-electron chi connectivity index (χ4n) is 2.60. The van der Waals surface area contributed by atoms with Gasteiger partial charge < -0.3 is 15.6 Å². The first-order valence-corrected chi connectivity index (χ1v) is 5.83. The van der Waals surface area contributed by atoms with Crippen molar-refractivity contribution < 1.29 is 4.79 Å². The average molecular weight is 229 g/mol. The Morgan fingerprint density at radius 2 is 2.24 bits per heavy atom. The number of para-hydroxylation sites is 1. The van der Waals surface area contributed by atoms with Crippen molar-refractivity contribution in [1.29, 1.82) is 0 Å². The molecule has 2 aromatic rings. The van der Waals surface area contributed by atoms with Crippen LogP contribution in [0.25, 0.3) is 10.9 Å². The number of nitrogens with one attached hydrogen (secondary N) is 3. The number of aromatic amines is 1. The zero-order chi connectivity index (χ0) is 11.8. The van der Waals surface area contributed by atoms with Crippen LogP contribution in [0.5, 0.6) is 0 Å². The number of carbonyl (C=O) groups is 1. The number of carbonyl (C=O) groups excluding carboxylic acids is 1. The lowest BCUT2D eigenvalue weighted by molar-refractivity contribution is -0.122. The van der Waals surface area contributed by atoms with Crippen molar-refractivity contribution in [3.63, 3.8) is 0 Å². The molecule has 1 aliphatic rings. The molecule has 0 spiro atoms. The van der Waals surface area contributed by atoms with Crippen LogP contribution in [-0.2, 0) is 11.3 Å². The SMILES string of the molecule is CNC(=O)[C@@H]1CNCc2[nH]c3ccccc3c21. The highest BCUT2D eigenvalue weighted by atomic mass is 16.1. The zero-order valence-electron chi connectivity index (χ0n) is 9.71. The molecular weight excluding hydrogens is 214 g/mol. The third kappa shape index (κ3) is 1.52. The van der Waals surface area contributed by atoms with E-state index in [1.807, 2.05) is 12.1 Å². The molecule has 1 aromatic heterocycles. The van der Waals surface area contributed by atoms with E-state index in [9.17, 15) is 4.79 Å². The summed E-state index contributed by atoms with van der Waals surface area (Å²) in [6.45, 7) is 1.51. The highest BCUT2D eigenvalue weighted by Gasteiger charge is 2.28. The molecule has 0 radical (unpaired) electrons. The van der Waals surface area contributed by atoms with Gasteiger partial charge in [-0.25, -0.2) is 0 Å². The highest BCUT2D eigenvalue weighted by Crippen LogP contribution is 2.31. The van der Waals surface area contributed by atoms with Crippen molar-refractivity contribution in [2.75, 3.05) is 13.6 Å². The molecule has 0 saturated carbocycles. The standard InChI is InChI=1S/C13H15N3O/c1-14-13(17)9-6-15-7-11-12(9)8-4-2-3-5-10(8)16-11/h2-5,9,15-16H,6-7H2,1H3,(H,14,17)/t9-/m1/s1. The molecule has 1 aromatic carbocycles. The smallest absolute Gasteiger partial charge is 0.228 e. The van der Waals surface area contributed by atoms with Gasteiger partial charge in [0.15, 0.2) is 0 Å². The van der Waals surface area contributed by atoms with Gasteiger partial charge >= 0.3 is 0 Å². The van der Waals surface area contributed by atoms with Crippen LogP contribution in [0.4, 0.5) is 0 Å². The number of aromatic nitrogens is 1. The van der Waals surface area contributed by atoms with Crippen LogP contribution in [0.15, 0.2) is 24.3 Å². The van der Waals surface area contributed by atoms with Crippen LogP contribution in [0.2, 0.25) is 0 Å². The molecule has 0 aliphatic carbocycles. The van der Waals surface area contributed by atoms with Crippen molar-refractivity contribution in [2.45, 2.75) is 12.5 Å². The number of H-pyrrole nitrogens is 1. The molecule has 17 heavy (non-hydrogen) atoms. The Bertz CT molecular complexity index is 573. The molecule has 3 rings (SSSR count). The minimum absolute atomic E-state index is 0.0724. The van der Waals surface area contributed by atoms with Crippen LogP contribution in [0.1, 0.15) is 17.2 Å². The Hall–Kier alpha value is -1.81. The van der Waals surface area contributed by atoms with E-state index in [1.165, 1.54) is 0 Å². The van der Waals surface area contributed by atoms with Crippen molar-refractivity contribution in [3.05, 3.63) is 35.5 Å². The topological polar surface area (TPSA) is 56.9 Å². The van der Waals surface area contributed by atoms with E-state index < -0.39 is 0 Å². The summed E-state index contributed by atoms with van der Waals surface area (Å²) in [5.74, 6) is -0.0249. The van der Waals surface area contributed by atoms with Gasteiger partial charge in [0.05, 0.1) is 5.92 Å². The first-order valence-electron chi connectivity index (χ1n) is 5.83. The van der Waals surface area contributed by atoms with Gasteiger partial charge in [0.1, 0.15) is 0 Å². The fraction of sp³-hybridized carbons (Fsp3) is 0.308. The van der Waals surface area contributed by atoms with Crippen LogP contribution >= 0.6 is 0 Å². The maximum Gasteiger partial charge on any atom is 0.228 e. The maximum absolute atomic E-state index is 11.9. The third-order valence-electron chi connectivity index (χ3n) is 3.39. The van der Waals surface area contributed by atoms with E-state index in [2.05, 4.69) is 27.8 Å². The van der Waals surface area contributed by atoms with Gasteiger partial charge in [-0.1, -0.05) is 18.2 Å². The molecule has 0 unspecified atom stereocenters. The largest absolute Gasteiger partial charge is 0.359 e. The third-order valence-corrected chi connectivity index (χ3v) is 3.39. The lowest BCUT2D eigenvalue weighted by atomic mass is 9.92. The van der Waals surface area contributed by atoms with Crippen molar-refractivity contribution in [1.82, 2.24) is 15.6 Å². The van der Waals surface area contributed by atoms with E-state index >= 15 is 0 Å². The first kappa shape index (κ1) is 10.4. The van der Waals surface area contributed by atoms with Crippen molar-refractivity contribution in [3.8, 4) is 0 Å². The number of rotatable bonds is 1. The Kier molecular flexibility index (Phi) is 2.37. The van der Waals surface area contributed by atoms with Gasteiger partial charge in [-0.3, -0.25) is 4.79 Å². The molecule has 4 heteroatoms. The van der Waals surface area contributed by atoms with Gasteiger partial charge in [0, 0.05) is 36.7 Å². The highest BCUT2D eigenvalue weighted by molar-refractivity contribution is 5.93. The predicted molar refractivity (Wildman–Crippen MR) is 66.8 cm³/mol. The number of likely N-dealkylation sites (N-methyl/N-ethyl adjacent to an activating group) is 1. The first-order chi connectivity index (χ1) is 8.31. The quantitative estimate of drug-likeness (QED) is 0.686. The molecule has 0 bridgehead atoms. The Balaban J connectivity index is 2.20. The second kappa shape index (κ2) is 3.89. The molecule has 1 amide bonds. The minimum atomic E-state index is -0.0973. The summed E-state index contributed by atoms with van der Waals surface area (Å²) in [7, 11) is 1.69. The van der Waals surface area contributed by atoms with Crippen LogP contribution in [0, 0.1) is 0 Å². The molecule has 0 fully saturated rings. The minimum Gasteiger partial charge on any atom is -0.359 e. The number of amides is 1. The lowest BCUT2D eigenvalue weighted by Gasteiger charge is -2.22. The van der Waals surface area contributed by atoms with Crippen LogP contribution < -0.4 is 10.6 Å². The van der Waals surface area contributed by atoms with E-state index in [0.29, 0.717) is 6.54 Å². The molecule has 1 aliphatic heterocycles. The lowest BCUT2D eigenvalue weighted by Crippen LogP contribution is -2.37. The number of fused-ring (bicyclic) bond motifs is 3. The predicted octanol–water partition coefficient (Wildman–Crippen LogP) is 1.10. The van der Waals surface area contributed by atoms with Gasteiger partial charge in [0.2, 0.25) is 5.91 Å². The maximum atomic E-state index is 11.9. The normalized spacial score (nSPS) is 19.0. The summed E-state index contributed by atoms with van der Waals surface area (Å²) in [5, 5.41) is 7.18. The summed E-state index contributed by atoms with van der Waals surface area (Å²) in [4.78, 5) is 15.3. The molecule has 3 N–H and O–H groups in total. The Morgan fingerprint density at radius 3 is 3.06 bits per heavy atom. The van der Waals surface area contributed by atoms with E-state index in [1.54, 1.807) is 7.05 Å². The monoisotopic (exact) mass is 229 g/mol. The van der Waals surface area contributed by atoms with E-state index in [-0.39, 0.29) is 11.8 Å². The number of hydrogen-bond donors (Lipinski definition) is 3. The fourth-order valence-corrected chi connectivity index (χ4v) is 2.60. The van der Waals surface area contributed by atoms with Gasteiger partial charge in [-0.2, -0.15) is 0 Å². The van der Waals surface area contributed by atoms with Crippen LogP contribution in [0.3, 0.4) is 0 Å². The van der Waals surface area contributed by atoms with Crippen LogP contribution in [-0.4, -0.2) is 24.5 Å². The van der Waals surface area contributed by atoms with E-state index in [0.717, 1.165) is 28.7 Å². The summed E-state index contributed by atoms with van der Waals surface area (Å²) in [5.41, 5.74) is 3.39. The Labute approximate surface area is 99.4 Å². The molecule has 0 saturated heterocycles. The average Bonchev–Trinajstić information content (AvgIpc) is 2.76. The van der Waals surface area contributed by atoms with Crippen molar-refractivity contribution in [2.24, 2.45) is 0 Å². The molecule has 4 nitrogen and oxygen atoms in total. The van der Waals surface area contributed by atoms with Gasteiger partial charge in [-0.15, -0.1) is 0 Å². The molecule has 88 valence electrons. The summed E-state index contributed by atoms with van der Waals surface area (Å²) >= 11 is 0. The molecule has 2 heterocycles. The van der Waals surface area contributed by atoms with Crippen molar-refractivity contribution >= 4 is 16.8 Å².